The normalized spacial score (nSPS) is 11.0. The minimum absolute atomic E-state index is 0.151. The highest BCUT2D eigenvalue weighted by atomic mass is 35.5. The van der Waals surface area contributed by atoms with Gasteiger partial charge in [-0.2, -0.15) is 0 Å². The lowest BCUT2D eigenvalue weighted by molar-refractivity contribution is 0.0965. The average molecular weight is 306 g/mol. The average Bonchev–Trinajstić information content (AvgIpc) is 2.81. The Morgan fingerprint density at radius 3 is 2.52 bits per heavy atom. The van der Waals surface area contributed by atoms with Crippen LogP contribution in [0.5, 0.6) is 0 Å². The summed E-state index contributed by atoms with van der Waals surface area (Å²) in [5.74, 6) is -2.33. The van der Waals surface area contributed by atoms with Crippen molar-refractivity contribution in [3.63, 3.8) is 0 Å². The largest absolute Gasteiger partial charge is 0.340 e. The molecule has 21 heavy (non-hydrogen) atoms. The minimum Gasteiger partial charge on any atom is -0.340 e. The zero-order valence-corrected chi connectivity index (χ0v) is 11.6. The van der Waals surface area contributed by atoms with E-state index in [1.165, 1.54) is 6.07 Å². The fourth-order valence-corrected chi connectivity index (χ4v) is 2.46. The van der Waals surface area contributed by atoms with Gasteiger partial charge in [-0.15, -0.1) is 0 Å². The molecule has 5 heteroatoms. The van der Waals surface area contributed by atoms with Gasteiger partial charge in [-0.1, -0.05) is 23.7 Å². The molecule has 0 saturated heterocycles. The van der Waals surface area contributed by atoms with Crippen molar-refractivity contribution in [2.24, 2.45) is 0 Å². The van der Waals surface area contributed by atoms with Gasteiger partial charge in [0.1, 0.15) is 11.6 Å². The molecule has 0 radical (unpaired) electrons. The Balaban J connectivity index is 1.99. The molecule has 106 valence electrons. The van der Waals surface area contributed by atoms with Crippen molar-refractivity contribution in [2.45, 2.75) is 6.54 Å². The highest BCUT2D eigenvalue weighted by Crippen LogP contribution is 2.21. The maximum atomic E-state index is 13.6. The number of hydrogen-bond donors (Lipinski definition) is 0. The van der Waals surface area contributed by atoms with E-state index in [1.54, 1.807) is 22.9 Å². The Bertz CT molecular complexity index is 821. The topological polar surface area (TPSA) is 22.0 Å². The molecule has 0 bridgehead atoms. The molecule has 3 aromatic rings. The monoisotopic (exact) mass is 305 g/mol. The summed E-state index contributed by atoms with van der Waals surface area (Å²) in [6.07, 6.45) is 1.69. The van der Waals surface area contributed by atoms with Crippen LogP contribution in [0.4, 0.5) is 8.78 Å². The van der Waals surface area contributed by atoms with Crippen LogP contribution in [-0.4, -0.2) is 10.4 Å². The van der Waals surface area contributed by atoms with Gasteiger partial charge in [-0.3, -0.25) is 4.79 Å². The first-order chi connectivity index (χ1) is 10.1. The fourth-order valence-electron chi connectivity index (χ4n) is 2.29. The van der Waals surface area contributed by atoms with E-state index in [1.807, 2.05) is 12.1 Å². The lowest BCUT2D eigenvalue weighted by atomic mass is 10.1. The Morgan fingerprint density at radius 1 is 1.10 bits per heavy atom. The first-order valence-electron chi connectivity index (χ1n) is 6.28. The maximum absolute atomic E-state index is 13.6. The van der Waals surface area contributed by atoms with Gasteiger partial charge in [0.05, 0.1) is 12.1 Å². The van der Waals surface area contributed by atoms with Crippen molar-refractivity contribution in [1.29, 1.82) is 0 Å². The maximum Gasteiger partial charge on any atom is 0.188 e. The second kappa shape index (κ2) is 5.30. The number of nitrogens with zero attached hydrogens (tertiary/aromatic N) is 1. The van der Waals surface area contributed by atoms with Crippen molar-refractivity contribution < 1.29 is 13.6 Å². The van der Waals surface area contributed by atoms with Gasteiger partial charge in [0.15, 0.2) is 5.78 Å². The standard InChI is InChI=1S/C16H10ClF2NO/c17-11-5-4-10-6-7-20(14(10)8-11)9-15(21)16-12(18)2-1-3-13(16)19/h1-8H,9H2. The van der Waals surface area contributed by atoms with Gasteiger partial charge >= 0.3 is 0 Å². The Labute approximate surface area is 124 Å². The number of carbonyl (C=O) groups is 1. The number of ketones is 1. The number of Topliss-reactive ketones (excluding diaryl/α,β-unsaturated/α-hetero) is 1. The van der Waals surface area contributed by atoms with Gasteiger partial charge in [-0.25, -0.2) is 8.78 Å². The molecule has 1 heterocycles. The van der Waals surface area contributed by atoms with Crippen LogP contribution >= 0.6 is 11.6 Å². The summed E-state index contributed by atoms with van der Waals surface area (Å²) in [6.45, 7) is -0.151. The predicted molar refractivity (Wildman–Crippen MR) is 77.6 cm³/mol. The van der Waals surface area contributed by atoms with Crippen LogP contribution < -0.4 is 0 Å². The van der Waals surface area contributed by atoms with E-state index in [0.717, 1.165) is 23.0 Å². The molecule has 2 aromatic carbocycles. The Kier molecular flexibility index (Phi) is 3.47. The van der Waals surface area contributed by atoms with Gasteiger partial charge in [0.25, 0.3) is 0 Å². The molecular weight excluding hydrogens is 296 g/mol. The summed E-state index contributed by atoms with van der Waals surface area (Å²) in [5.41, 5.74) is 0.231. The molecule has 0 saturated carbocycles. The number of hydrogen-bond acceptors (Lipinski definition) is 1. The van der Waals surface area contributed by atoms with Gasteiger partial charge in [-0.05, 0) is 35.7 Å². The van der Waals surface area contributed by atoms with E-state index in [-0.39, 0.29) is 6.54 Å². The number of carbonyl (C=O) groups excluding carboxylic acids is 1. The summed E-state index contributed by atoms with van der Waals surface area (Å²) >= 11 is 5.93. The molecule has 0 atom stereocenters. The highest BCUT2D eigenvalue weighted by molar-refractivity contribution is 6.31. The molecular formula is C16H10ClF2NO. The highest BCUT2D eigenvalue weighted by Gasteiger charge is 2.17. The molecule has 3 rings (SSSR count). The van der Waals surface area contributed by atoms with Crippen LogP contribution in [0.1, 0.15) is 10.4 Å². The van der Waals surface area contributed by atoms with Crippen LogP contribution in [0.15, 0.2) is 48.7 Å². The first kappa shape index (κ1) is 13.8. The lowest BCUT2D eigenvalue weighted by Gasteiger charge is -2.07. The van der Waals surface area contributed by atoms with Crippen molar-refractivity contribution >= 4 is 28.3 Å². The third-order valence-electron chi connectivity index (χ3n) is 3.29. The summed E-state index contributed by atoms with van der Waals surface area (Å²) in [4.78, 5) is 12.1. The quantitative estimate of drug-likeness (QED) is 0.655. The number of halogens is 3. The Hall–Kier alpha value is -2.20. The number of benzene rings is 2. The molecule has 0 spiro atoms. The molecule has 0 aliphatic carbocycles. The molecule has 0 aliphatic heterocycles. The zero-order chi connectivity index (χ0) is 15.0. The van der Waals surface area contributed by atoms with Gasteiger partial charge in [0, 0.05) is 16.7 Å². The summed E-state index contributed by atoms with van der Waals surface area (Å²) in [6, 6.07) is 10.5. The second-order valence-electron chi connectivity index (χ2n) is 4.67. The number of fused-ring (bicyclic) bond motifs is 1. The zero-order valence-electron chi connectivity index (χ0n) is 10.8. The molecule has 0 aliphatic rings. The molecule has 0 fully saturated rings. The third kappa shape index (κ3) is 2.54. The lowest BCUT2D eigenvalue weighted by Crippen LogP contribution is -2.13. The van der Waals surface area contributed by atoms with Gasteiger partial charge in [0.2, 0.25) is 0 Å². The van der Waals surface area contributed by atoms with Crippen LogP contribution in [0.25, 0.3) is 10.9 Å². The van der Waals surface area contributed by atoms with Crippen LogP contribution in [-0.2, 0) is 6.54 Å². The van der Waals surface area contributed by atoms with Crippen molar-refractivity contribution in [3.05, 3.63) is 70.9 Å². The van der Waals surface area contributed by atoms with E-state index in [2.05, 4.69) is 0 Å². The van der Waals surface area contributed by atoms with Crippen molar-refractivity contribution in [1.82, 2.24) is 4.57 Å². The summed E-state index contributed by atoms with van der Waals surface area (Å²) < 4.78 is 28.9. The van der Waals surface area contributed by atoms with E-state index < -0.39 is 23.0 Å². The van der Waals surface area contributed by atoms with Gasteiger partial charge < -0.3 is 4.57 Å². The summed E-state index contributed by atoms with van der Waals surface area (Å²) in [7, 11) is 0. The molecule has 0 N–H and O–H groups in total. The third-order valence-corrected chi connectivity index (χ3v) is 3.53. The SMILES string of the molecule is O=C(Cn1ccc2ccc(Cl)cc21)c1c(F)cccc1F. The number of aromatic nitrogens is 1. The van der Waals surface area contributed by atoms with E-state index >= 15 is 0 Å². The van der Waals surface area contributed by atoms with Crippen LogP contribution in [0, 0.1) is 11.6 Å². The van der Waals surface area contributed by atoms with E-state index in [9.17, 15) is 13.6 Å². The summed E-state index contributed by atoms with van der Waals surface area (Å²) in [5, 5.41) is 1.44. The van der Waals surface area contributed by atoms with E-state index in [0.29, 0.717) is 5.02 Å². The second-order valence-corrected chi connectivity index (χ2v) is 5.10. The molecule has 1 aromatic heterocycles. The van der Waals surface area contributed by atoms with Crippen molar-refractivity contribution in [3.8, 4) is 0 Å². The van der Waals surface area contributed by atoms with Crippen LogP contribution in [0.2, 0.25) is 5.02 Å². The Morgan fingerprint density at radius 2 is 1.81 bits per heavy atom. The van der Waals surface area contributed by atoms with Crippen LogP contribution in [0.3, 0.4) is 0 Å². The fraction of sp³-hybridized carbons (Fsp3) is 0.0625. The molecule has 0 unspecified atom stereocenters. The first-order valence-corrected chi connectivity index (χ1v) is 6.65. The predicted octanol–water partition coefficient (Wildman–Crippen LogP) is 4.46. The molecule has 2 nitrogen and oxygen atoms in total. The smallest absolute Gasteiger partial charge is 0.188 e. The van der Waals surface area contributed by atoms with Crippen molar-refractivity contribution in [2.75, 3.05) is 0 Å². The minimum atomic E-state index is -0.852. The molecule has 0 amide bonds. The number of rotatable bonds is 3. The van der Waals surface area contributed by atoms with E-state index in [4.69, 9.17) is 11.6 Å².